The zero-order chi connectivity index (χ0) is 18.9. The number of nitrogens with zero attached hydrogens (tertiary/aromatic N) is 1. The second kappa shape index (κ2) is 9.43. The quantitative estimate of drug-likeness (QED) is 0.780. The fourth-order valence-electron chi connectivity index (χ4n) is 2.71. The second-order valence-corrected chi connectivity index (χ2v) is 6.02. The van der Waals surface area contributed by atoms with Crippen LogP contribution in [-0.2, 0) is 16.1 Å². The number of hydrogen-bond donors (Lipinski definition) is 1. The summed E-state index contributed by atoms with van der Waals surface area (Å²) in [6, 6.07) is 15.4. The number of carbonyl (C=O) groups is 2. The molecule has 4 nitrogen and oxygen atoms in total. The summed E-state index contributed by atoms with van der Waals surface area (Å²) in [4.78, 5) is 26.0. The van der Waals surface area contributed by atoms with Gasteiger partial charge in [-0.25, -0.2) is 0 Å². The van der Waals surface area contributed by atoms with Crippen LogP contribution in [0.2, 0.25) is 0 Å². The molecule has 0 radical (unpaired) electrons. The third kappa shape index (κ3) is 4.97. The van der Waals surface area contributed by atoms with E-state index in [1.807, 2.05) is 55.5 Å². The van der Waals surface area contributed by atoms with Gasteiger partial charge in [0.15, 0.2) is 0 Å². The monoisotopic (exact) mass is 348 g/mol. The summed E-state index contributed by atoms with van der Waals surface area (Å²) in [7, 11) is 0. The highest BCUT2D eigenvalue weighted by molar-refractivity contribution is 5.94. The van der Waals surface area contributed by atoms with Gasteiger partial charge >= 0.3 is 0 Å². The Morgan fingerprint density at radius 3 is 2.50 bits per heavy atom. The SMILES string of the molecule is C#Cc1ccccc1CN(C(=O)CCNC(=O)CC)c1ccccc1C. The third-order valence-corrected chi connectivity index (χ3v) is 4.19. The van der Waals surface area contributed by atoms with E-state index in [0.29, 0.717) is 19.5 Å². The lowest BCUT2D eigenvalue weighted by Gasteiger charge is -2.25. The van der Waals surface area contributed by atoms with Gasteiger partial charge in [0, 0.05) is 30.6 Å². The zero-order valence-electron chi connectivity index (χ0n) is 15.3. The fraction of sp³-hybridized carbons (Fsp3) is 0.273. The van der Waals surface area contributed by atoms with Crippen molar-refractivity contribution in [1.82, 2.24) is 5.32 Å². The van der Waals surface area contributed by atoms with Crippen molar-refractivity contribution in [3.8, 4) is 12.3 Å². The smallest absolute Gasteiger partial charge is 0.229 e. The highest BCUT2D eigenvalue weighted by atomic mass is 16.2. The Hall–Kier alpha value is -3.06. The first-order valence-corrected chi connectivity index (χ1v) is 8.74. The number of hydrogen-bond acceptors (Lipinski definition) is 2. The summed E-state index contributed by atoms with van der Waals surface area (Å²) in [5.74, 6) is 2.57. The van der Waals surface area contributed by atoms with E-state index in [-0.39, 0.29) is 18.2 Å². The number of benzene rings is 2. The maximum atomic E-state index is 12.9. The summed E-state index contributed by atoms with van der Waals surface area (Å²) in [6.07, 6.45) is 6.24. The lowest BCUT2D eigenvalue weighted by molar-refractivity contribution is -0.121. The molecule has 0 fully saturated rings. The van der Waals surface area contributed by atoms with Gasteiger partial charge < -0.3 is 10.2 Å². The van der Waals surface area contributed by atoms with Crippen molar-refractivity contribution in [2.24, 2.45) is 0 Å². The molecule has 1 N–H and O–H groups in total. The van der Waals surface area contributed by atoms with E-state index in [1.54, 1.807) is 11.8 Å². The van der Waals surface area contributed by atoms with Crippen LogP contribution in [0.5, 0.6) is 0 Å². The van der Waals surface area contributed by atoms with E-state index in [2.05, 4.69) is 11.2 Å². The average molecular weight is 348 g/mol. The van der Waals surface area contributed by atoms with Gasteiger partial charge in [-0.05, 0) is 30.2 Å². The molecule has 26 heavy (non-hydrogen) atoms. The maximum absolute atomic E-state index is 12.9. The van der Waals surface area contributed by atoms with Crippen LogP contribution in [0.15, 0.2) is 48.5 Å². The molecule has 0 unspecified atom stereocenters. The van der Waals surface area contributed by atoms with Gasteiger partial charge in [0.25, 0.3) is 0 Å². The van der Waals surface area contributed by atoms with Crippen LogP contribution >= 0.6 is 0 Å². The van der Waals surface area contributed by atoms with E-state index in [9.17, 15) is 9.59 Å². The van der Waals surface area contributed by atoms with Crippen LogP contribution in [0.25, 0.3) is 0 Å². The summed E-state index contributed by atoms with van der Waals surface area (Å²) >= 11 is 0. The van der Waals surface area contributed by atoms with Crippen molar-refractivity contribution in [2.75, 3.05) is 11.4 Å². The molecule has 0 aromatic heterocycles. The number of nitrogens with one attached hydrogen (secondary N) is 1. The molecule has 4 heteroatoms. The normalized spacial score (nSPS) is 10.0. The van der Waals surface area contributed by atoms with Crippen LogP contribution in [0.1, 0.15) is 36.5 Å². The third-order valence-electron chi connectivity index (χ3n) is 4.19. The van der Waals surface area contributed by atoms with Crippen LogP contribution in [0, 0.1) is 19.3 Å². The van der Waals surface area contributed by atoms with Crippen LogP contribution < -0.4 is 10.2 Å². The van der Waals surface area contributed by atoms with Crippen molar-refractivity contribution in [1.29, 1.82) is 0 Å². The van der Waals surface area contributed by atoms with Gasteiger partial charge in [-0.2, -0.15) is 0 Å². The van der Waals surface area contributed by atoms with Gasteiger partial charge in [0.1, 0.15) is 0 Å². The number of anilines is 1. The molecular formula is C22H24N2O2. The van der Waals surface area contributed by atoms with E-state index >= 15 is 0 Å². The summed E-state index contributed by atoms with van der Waals surface area (Å²) in [6.45, 7) is 4.48. The van der Waals surface area contributed by atoms with Crippen molar-refractivity contribution < 1.29 is 9.59 Å². The molecule has 0 heterocycles. The Balaban J connectivity index is 2.25. The molecule has 0 saturated heterocycles. The average Bonchev–Trinajstić information content (AvgIpc) is 2.66. The Kier molecular flexibility index (Phi) is 6.99. The van der Waals surface area contributed by atoms with Crippen LogP contribution in [0.3, 0.4) is 0 Å². The van der Waals surface area contributed by atoms with E-state index < -0.39 is 0 Å². The summed E-state index contributed by atoms with van der Waals surface area (Å²) in [5.41, 5.74) is 3.56. The minimum atomic E-state index is -0.0575. The number of carbonyl (C=O) groups excluding carboxylic acids is 2. The Labute approximate surface area is 155 Å². The molecule has 2 aromatic carbocycles. The van der Waals surface area contributed by atoms with E-state index in [0.717, 1.165) is 22.4 Å². The van der Waals surface area contributed by atoms with Gasteiger partial charge in [-0.15, -0.1) is 6.42 Å². The second-order valence-electron chi connectivity index (χ2n) is 6.02. The minimum absolute atomic E-state index is 0.0532. The maximum Gasteiger partial charge on any atom is 0.229 e. The molecule has 0 spiro atoms. The molecule has 0 saturated carbocycles. The van der Waals surface area contributed by atoms with Crippen molar-refractivity contribution in [3.05, 3.63) is 65.2 Å². The lowest BCUT2D eigenvalue weighted by atomic mass is 10.1. The van der Waals surface area contributed by atoms with Crippen molar-refractivity contribution >= 4 is 17.5 Å². The molecule has 0 atom stereocenters. The van der Waals surface area contributed by atoms with E-state index in [4.69, 9.17) is 6.42 Å². The van der Waals surface area contributed by atoms with Crippen molar-refractivity contribution in [2.45, 2.75) is 33.2 Å². The molecule has 134 valence electrons. The Morgan fingerprint density at radius 2 is 1.81 bits per heavy atom. The standard InChI is InChI=1S/C22H24N2O2/c1-4-18-11-7-8-12-19(18)16-24(20-13-9-6-10-17(20)3)22(26)14-15-23-21(25)5-2/h1,6-13H,5,14-16H2,2-3H3,(H,23,25). The topological polar surface area (TPSA) is 49.4 Å². The predicted octanol–water partition coefficient (Wildman–Crippen LogP) is 3.43. The van der Waals surface area contributed by atoms with Gasteiger partial charge in [-0.1, -0.05) is 49.2 Å². The predicted molar refractivity (Wildman–Crippen MR) is 105 cm³/mol. The number of aryl methyl sites for hydroxylation is 1. The molecule has 2 aromatic rings. The summed E-state index contributed by atoms with van der Waals surface area (Å²) < 4.78 is 0. The first-order chi connectivity index (χ1) is 12.6. The number of terminal acetylenes is 1. The Morgan fingerprint density at radius 1 is 1.12 bits per heavy atom. The molecular weight excluding hydrogens is 324 g/mol. The molecule has 0 aliphatic rings. The molecule has 0 bridgehead atoms. The van der Waals surface area contributed by atoms with Gasteiger partial charge in [0.2, 0.25) is 11.8 Å². The highest BCUT2D eigenvalue weighted by Crippen LogP contribution is 2.23. The largest absolute Gasteiger partial charge is 0.356 e. The Bertz CT molecular complexity index is 821. The van der Waals surface area contributed by atoms with Gasteiger partial charge in [0.05, 0.1) is 6.54 Å². The fourth-order valence-corrected chi connectivity index (χ4v) is 2.71. The zero-order valence-corrected chi connectivity index (χ0v) is 15.3. The first-order valence-electron chi connectivity index (χ1n) is 8.74. The van der Waals surface area contributed by atoms with E-state index in [1.165, 1.54) is 0 Å². The lowest BCUT2D eigenvalue weighted by Crippen LogP contribution is -2.34. The molecule has 2 amide bonds. The van der Waals surface area contributed by atoms with Gasteiger partial charge in [-0.3, -0.25) is 9.59 Å². The highest BCUT2D eigenvalue weighted by Gasteiger charge is 2.18. The summed E-state index contributed by atoms with van der Waals surface area (Å²) in [5, 5.41) is 2.75. The number of rotatable bonds is 7. The number of para-hydroxylation sites is 1. The number of amides is 2. The van der Waals surface area contributed by atoms with Crippen molar-refractivity contribution in [3.63, 3.8) is 0 Å². The molecule has 2 rings (SSSR count). The molecule has 0 aliphatic heterocycles. The van der Waals surface area contributed by atoms with Crippen LogP contribution in [0.4, 0.5) is 5.69 Å². The molecule has 0 aliphatic carbocycles. The minimum Gasteiger partial charge on any atom is -0.356 e. The van der Waals surface area contributed by atoms with Crippen LogP contribution in [-0.4, -0.2) is 18.4 Å². The first kappa shape index (κ1) is 19.3.